The molecule has 5 atom stereocenters. The lowest BCUT2D eigenvalue weighted by Crippen LogP contribution is -2.53. The topological polar surface area (TPSA) is 161 Å². The van der Waals surface area contributed by atoms with Crippen LogP contribution in [0.25, 0.3) is 10.9 Å². The van der Waals surface area contributed by atoms with E-state index >= 15 is 4.39 Å². The Morgan fingerprint density at radius 2 is 1.81 bits per heavy atom. The molecule has 3 amide bonds. The lowest BCUT2D eigenvalue weighted by Gasteiger charge is -2.37. The van der Waals surface area contributed by atoms with Crippen molar-refractivity contribution in [1.82, 2.24) is 19.9 Å². The lowest BCUT2D eigenvalue weighted by molar-refractivity contribution is -0.140. The number of pyridine rings is 1. The fourth-order valence-corrected chi connectivity index (χ4v) is 11.1. The molecule has 1 spiro atoms. The molecule has 0 unspecified atom stereocenters. The molecule has 58 heavy (non-hydrogen) atoms. The van der Waals surface area contributed by atoms with Crippen molar-refractivity contribution >= 4 is 44.6 Å². The summed E-state index contributed by atoms with van der Waals surface area (Å²) in [4.78, 5) is 63.8. The Morgan fingerprint density at radius 1 is 1.03 bits per heavy atom. The molecule has 7 aliphatic rings. The number of Topliss-reactive ketones (excluding diaryl/α,β-unsaturated/α-hetero) is 1. The zero-order valence-electron chi connectivity index (χ0n) is 33.7. The standard InChI is InChI=1S/C44H55FN4O8S/c1-26(2)44(20-21-44)57-40(53)46-32-13-8-6-4-5-7-10-28-22-43(28,39(52)48-58(54,55)41(3)18-19-41)24-34(50)33-23-42(25-49(33)38(32)51)17-16-30-29-11-9-12-31(45)36(29)47-35(27-14-15-27)37(30)56-42/h7,9-12,26-28,32-33H,4-6,8,13-25H2,1-3H3,(H,46,53)(H,48,52)/b10-7-/t28-,32+,33+,42-,43-/m1/s1. The predicted molar refractivity (Wildman–Crippen MR) is 213 cm³/mol. The molecule has 14 heteroatoms. The lowest BCUT2D eigenvalue weighted by atomic mass is 9.85. The minimum absolute atomic E-state index is 0.0609. The molecule has 4 saturated carbocycles. The number of alkyl carbamates (subject to hydrolysis) is 1. The highest BCUT2D eigenvalue weighted by Gasteiger charge is 2.63. The van der Waals surface area contributed by atoms with Crippen LogP contribution in [0.2, 0.25) is 0 Å². The second kappa shape index (κ2) is 14.0. The van der Waals surface area contributed by atoms with E-state index in [0.29, 0.717) is 67.3 Å². The van der Waals surface area contributed by atoms with E-state index in [4.69, 9.17) is 14.5 Å². The van der Waals surface area contributed by atoms with Gasteiger partial charge in [0.25, 0.3) is 0 Å². The fourth-order valence-electron chi connectivity index (χ4n) is 9.79. The van der Waals surface area contributed by atoms with Gasteiger partial charge < -0.3 is 19.7 Å². The van der Waals surface area contributed by atoms with Crippen molar-refractivity contribution in [1.29, 1.82) is 0 Å². The monoisotopic (exact) mass is 818 g/mol. The maximum Gasteiger partial charge on any atom is 0.408 e. The number of aromatic nitrogens is 1. The number of carbonyl (C=O) groups is 4. The van der Waals surface area contributed by atoms with E-state index in [1.54, 1.807) is 17.9 Å². The Kier molecular flexibility index (Phi) is 9.52. The molecule has 2 N–H and O–H groups in total. The minimum atomic E-state index is -3.97. The van der Waals surface area contributed by atoms with Crippen LogP contribution >= 0.6 is 0 Å². The van der Waals surface area contributed by atoms with Crippen molar-refractivity contribution in [2.24, 2.45) is 17.3 Å². The van der Waals surface area contributed by atoms with Crippen LogP contribution in [0.5, 0.6) is 5.75 Å². The molecule has 12 nitrogen and oxygen atoms in total. The van der Waals surface area contributed by atoms with E-state index in [9.17, 15) is 27.6 Å². The Balaban J connectivity index is 1.06. The quantitative estimate of drug-likeness (QED) is 0.291. The second-order valence-corrected chi connectivity index (χ2v) is 21.2. The largest absolute Gasteiger partial charge is 0.483 e. The summed E-state index contributed by atoms with van der Waals surface area (Å²) in [5.41, 5.74) is -0.950. The number of carbonyl (C=O) groups excluding carboxylic acids is 4. The number of ketones is 1. The number of nitrogens with one attached hydrogen (secondary N) is 2. The van der Waals surface area contributed by atoms with Crippen molar-refractivity contribution in [2.45, 2.75) is 157 Å². The van der Waals surface area contributed by atoms with Crippen LogP contribution < -0.4 is 14.8 Å². The van der Waals surface area contributed by atoms with Gasteiger partial charge in [-0.3, -0.25) is 19.1 Å². The Labute approximate surface area is 339 Å². The van der Waals surface area contributed by atoms with Gasteiger partial charge in [-0.15, -0.1) is 0 Å². The number of fused-ring (bicyclic) bond motifs is 5. The Bertz CT molecular complexity index is 2210. The van der Waals surface area contributed by atoms with Gasteiger partial charge in [0.05, 0.1) is 28.4 Å². The van der Waals surface area contributed by atoms with Crippen LogP contribution in [0.4, 0.5) is 9.18 Å². The van der Waals surface area contributed by atoms with E-state index in [1.807, 2.05) is 32.1 Å². The predicted octanol–water partition coefficient (Wildman–Crippen LogP) is 6.68. The first-order valence-electron chi connectivity index (χ1n) is 21.4. The summed E-state index contributed by atoms with van der Waals surface area (Å²) in [7, 11) is -3.97. The van der Waals surface area contributed by atoms with Crippen molar-refractivity contribution in [3.63, 3.8) is 0 Å². The molecule has 9 rings (SSSR count). The minimum Gasteiger partial charge on any atom is -0.483 e. The van der Waals surface area contributed by atoms with Crippen LogP contribution in [0.1, 0.15) is 134 Å². The van der Waals surface area contributed by atoms with Gasteiger partial charge in [-0.1, -0.05) is 51.0 Å². The molecule has 2 aromatic rings. The number of rotatable bonds is 7. The highest BCUT2D eigenvalue weighted by Crippen LogP contribution is 2.58. The maximum atomic E-state index is 15.1. The summed E-state index contributed by atoms with van der Waals surface area (Å²) in [5, 5.41) is 3.58. The number of hydrogen-bond acceptors (Lipinski definition) is 9. The van der Waals surface area contributed by atoms with Gasteiger partial charge in [0, 0.05) is 29.7 Å². The van der Waals surface area contributed by atoms with Crippen molar-refractivity contribution in [3.05, 3.63) is 47.4 Å². The molecule has 312 valence electrons. The first-order chi connectivity index (χ1) is 27.6. The van der Waals surface area contributed by atoms with Gasteiger partial charge in [0.2, 0.25) is 21.8 Å². The number of para-hydroxylation sites is 1. The highest BCUT2D eigenvalue weighted by atomic mass is 32.2. The number of benzene rings is 1. The summed E-state index contributed by atoms with van der Waals surface area (Å²) in [6.07, 6.45) is 12.0. The third-order valence-electron chi connectivity index (χ3n) is 14.5. The Morgan fingerprint density at radius 3 is 2.52 bits per heavy atom. The van der Waals surface area contributed by atoms with Crippen molar-refractivity contribution in [2.75, 3.05) is 6.54 Å². The first kappa shape index (κ1) is 39.4. The molecule has 0 radical (unpaired) electrons. The highest BCUT2D eigenvalue weighted by molar-refractivity contribution is 7.91. The normalized spacial score (nSPS) is 31.9. The van der Waals surface area contributed by atoms with Gasteiger partial charge in [-0.2, -0.15) is 0 Å². The van der Waals surface area contributed by atoms with Crippen LogP contribution in [-0.2, 0) is 35.6 Å². The molecule has 5 fully saturated rings. The first-order valence-corrected chi connectivity index (χ1v) is 22.9. The second-order valence-electron chi connectivity index (χ2n) is 19.1. The third kappa shape index (κ3) is 6.98. The smallest absolute Gasteiger partial charge is 0.408 e. The zero-order chi connectivity index (χ0) is 40.8. The number of hydrogen-bond donors (Lipinski definition) is 2. The van der Waals surface area contributed by atoms with Crippen LogP contribution in [0, 0.1) is 23.1 Å². The molecule has 1 aromatic carbocycles. The molecule has 1 saturated heterocycles. The van der Waals surface area contributed by atoms with Crippen molar-refractivity contribution < 1.29 is 41.5 Å². The molecule has 1 aromatic heterocycles. The van der Waals surface area contributed by atoms with Gasteiger partial charge in [0.15, 0.2) is 5.78 Å². The van der Waals surface area contributed by atoms with E-state index in [-0.39, 0.29) is 42.9 Å². The SMILES string of the molecule is CC(C)C1(OC(=O)N[C@H]2CCCCC/C=C\[C@@H]3C[C@@]3(C(=O)NS(=O)(=O)C3(C)CC3)CC(=O)[C@@H]3C[C@]4(CCc5c(c(C6CC6)nc6c(F)cccc56)O4)CN3C2=O)CC1. The van der Waals surface area contributed by atoms with Crippen LogP contribution in [0.3, 0.4) is 0 Å². The van der Waals surface area contributed by atoms with E-state index in [2.05, 4.69) is 10.0 Å². The summed E-state index contributed by atoms with van der Waals surface area (Å²) in [6, 6.07) is 2.95. The van der Waals surface area contributed by atoms with Crippen LogP contribution in [0.15, 0.2) is 30.4 Å². The summed E-state index contributed by atoms with van der Waals surface area (Å²) < 4.78 is 56.0. The average Bonchev–Trinajstić information content (AvgIpc) is 3.98. The van der Waals surface area contributed by atoms with Gasteiger partial charge in [-0.05, 0) is 102 Å². The third-order valence-corrected chi connectivity index (χ3v) is 16.7. The van der Waals surface area contributed by atoms with E-state index in [1.165, 1.54) is 6.07 Å². The van der Waals surface area contributed by atoms with Crippen molar-refractivity contribution in [3.8, 4) is 5.75 Å². The summed E-state index contributed by atoms with van der Waals surface area (Å²) in [6.45, 7) is 5.70. The number of nitrogens with zero attached hydrogens (tertiary/aromatic N) is 2. The molecule has 0 bridgehead atoms. The number of aryl methyl sites for hydroxylation is 1. The molecule has 4 aliphatic carbocycles. The molecule has 3 aliphatic heterocycles. The molecular weight excluding hydrogens is 764 g/mol. The van der Waals surface area contributed by atoms with E-state index in [0.717, 1.165) is 50.5 Å². The van der Waals surface area contributed by atoms with Gasteiger partial charge in [0.1, 0.15) is 34.3 Å². The van der Waals surface area contributed by atoms with Gasteiger partial charge in [-0.25, -0.2) is 22.6 Å². The fraction of sp³-hybridized carbons (Fsp3) is 0.659. The number of ether oxygens (including phenoxy) is 2. The van der Waals surface area contributed by atoms with Gasteiger partial charge >= 0.3 is 6.09 Å². The van der Waals surface area contributed by atoms with E-state index < -0.39 is 67.2 Å². The Hall–Kier alpha value is -4.07. The number of halogens is 1. The zero-order valence-corrected chi connectivity index (χ0v) is 34.6. The number of allylic oxidation sites excluding steroid dienone is 2. The maximum absolute atomic E-state index is 15.1. The molecular formula is C44H55FN4O8S. The summed E-state index contributed by atoms with van der Waals surface area (Å²) >= 11 is 0. The summed E-state index contributed by atoms with van der Waals surface area (Å²) in [5.74, 6) is -1.34. The number of sulfonamides is 1. The van der Waals surface area contributed by atoms with Crippen LogP contribution in [-0.4, -0.2) is 76.6 Å². The average molecular weight is 819 g/mol. The number of amides is 3. The molecule has 4 heterocycles.